The van der Waals surface area contributed by atoms with E-state index in [0.29, 0.717) is 0 Å². The molecule has 7 nitrogen and oxygen atoms in total. The van der Waals surface area contributed by atoms with Crippen LogP contribution in [-0.2, 0) is 6.42 Å². The second-order valence-corrected chi connectivity index (χ2v) is 7.06. The largest absolute Gasteiger partial charge is 0.353 e. The van der Waals surface area contributed by atoms with Crippen LogP contribution in [0, 0.1) is 6.92 Å². The van der Waals surface area contributed by atoms with E-state index < -0.39 is 0 Å². The third-order valence-electron chi connectivity index (χ3n) is 5.22. The van der Waals surface area contributed by atoms with Gasteiger partial charge in [0.25, 0.3) is 0 Å². The molecule has 4 heterocycles. The van der Waals surface area contributed by atoms with Gasteiger partial charge in [0.05, 0.1) is 0 Å². The van der Waals surface area contributed by atoms with E-state index >= 15 is 0 Å². The van der Waals surface area contributed by atoms with E-state index in [1.165, 1.54) is 12.8 Å². The summed E-state index contributed by atoms with van der Waals surface area (Å²) in [7, 11) is 0. The second kappa shape index (κ2) is 7.43. The lowest BCUT2D eigenvalue weighted by atomic mass is 10.2. The van der Waals surface area contributed by atoms with Gasteiger partial charge in [0.15, 0.2) is 0 Å². The lowest BCUT2D eigenvalue weighted by molar-refractivity contribution is 0.638. The summed E-state index contributed by atoms with van der Waals surface area (Å²) in [5.41, 5.74) is 2.14. The molecule has 2 aliphatic heterocycles. The Morgan fingerprint density at radius 1 is 0.808 bits per heavy atom. The van der Waals surface area contributed by atoms with Crippen LogP contribution >= 0.6 is 0 Å². The number of nitrogens with zero attached hydrogens (tertiary/aromatic N) is 7. The Labute approximate surface area is 155 Å². The minimum atomic E-state index is 0.892. The summed E-state index contributed by atoms with van der Waals surface area (Å²) in [5, 5.41) is 0. The van der Waals surface area contributed by atoms with Crippen LogP contribution in [0.15, 0.2) is 18.5 Å². The van der Waals surface area contributed by atoms with Crippen molar-refractivity contribution >= 4 is 17.6 Å². The van der Waals surface area contributed by atoms with Crippen LogP contribution in [0.25, 0.3) is 0 Å². The SMILES string of the molecule is CCc1cc(N2CCN(c3cc(C)nc(N4CCCC4)n3)CC2)ncn1. The quantitative estimate of drug-likeness (QED) is 0.834. The van der Waals surface area contributed by atoms with Crippen molar-refractivity contribution in [3.63, 3.8) is 0 Å². The Kier molecular flexibility index (Phi) is 4.86. The fourth-order valence-corrected chi connectivity index (χ4v) is 3.67. The fourth-order valence-electron chi connectivity index (χ4n) is 3.67. The molecule has 2 saturated heterocycles. The van der Waals surface area contributed by atoms with Crippen LogP contribution in [-0.4, -0.2) is 59.2 Å². The maximum atomic E-state index is 4.86. The first kappa shape index (κ1) is 17.0. The number of anilines is 3. The summed E-state index contributed by atoms with van der Waals surface area (Å²) in [6.45, 7) is 10.1. The van der Waals surface area contributed by atoms with Crippen molar-refractivity contribution in [3.8, 4) is 0 Å². The molecule has 26 heavy (non-hydrogen) atoms. The average molecular weight is 353 g/mol. The van der Waals surface area contributed by atoms with Gasteiger partial charge in [-0.2, -0.15) is 4.98 Å². The summed E-state index contributed by atoms with van der Waals surface area (Å²) in [6, 6.07) is 4.21. The van der Waals surface area contributed by atoms with Crippen molar-refractivity contribution in [3.05, 3.63) is 29.8 Å². The van der Waals surface area contributed by atoms with Crippen LogP contribution in [0.4, 0.5) is 17.6 Å². The molecule has 0 atom stereocenters. The number of hydrogen-bond acceptors (Lipinski definition) is 7. The topological polar surface area (TPSA) is 61.3 Å². The highest BCUT2D eigenvalue weighted by Gasteiger charge is 2.22. The molecule has 7 heteroatoms. The van der Waals surface area contributed by atoms with E-state index in [4.69, 9.17) is 4.98 Å². The first-order chi connectivity index (χ1) is 12.7. The first-order valence-electron chi connectivity index (χ1n) is 9.64. The molecule has 138 valence electrons. The Hall–Kier alpha value is -2.44. The minimum absolute atomic E-state index is 0.892. The molecule has 4 rings (SSSR count). The van der Waals surface area contributed by atoms with Crippen molar-refractivity contribution in [1.29, 1.82) is 0 Å². The molecule has 0 spiro atoms. The van der Waals surface area contributed by atoms with Crippen molar-refractivity contribution in [2.75, 3.05) is 54.0 Å². The van der Waals surface area contributed by atoms with Gasteiger partial charge < -0.3 is 14.7 Å². The van der Waals surface area contributed by atoms with Crippen LogP contribution < -0.4 is 14.7 Å². The standard InChI is InChI=1S/C19H27N7/c1-3-16-13-17(21-14-20-16)24-8-10-25(11-9-24)18-12-15(2)22-19(23-18)26-6-4-5-7-26/h12-14H,3-11H2,1-2H3. The van der Waals surface area contributed by atoms with Crippen LogP contribution in [0.3, 0.4) is 0 Å². The molecule has 0 saturated carbocycles. The highest BCUT2D eigenvalue weighted by molar-refractivity contribution is 5.49. The molecule has 0 aliphatic carbocycles. The molecular weight excluding hydrogens is 326 g/mol. The molecule has 0 amide bonds. The molecule has 2 fully saturated rings. The van der Waals surface area contributed by atoms with Gasteiger partial charge in [-0.05, 0) is 26.2 Å². The minimum Gasteiger partial charge on any atom is -0.353 e. The Morgan fingerprint density at radius 3 is 2.19 bits per heavy atom. The first-order valence-corrected chi connectivity index (χ1v) is 9.64. The van der Waals surface area contributed by atoms with Gasteiger partial charge in [-0.3, -0.25) is 0 Å². The highest BCUT2D eigenvalue weighted by Crippen LogP contribution is 2.23. The Bertz CT molecular complexity index is 749. The molecule has 0 radical (unpaired) electrons. The van der Waals surface area contributed by atoms with Crippen molar-refractivity contribution in [1.82, 2.24) is 19.9 Å². The normalized spacial score (nSPS) is 17.8. The van der Waals surface area contributed by atoms with Gasteiger partial charge in [-0.25, -0.2) is 15.0 Å². The number of aromatic nitrogens is 4. The van der Waals surface area contributed by atoms with Gasteiger partial charge in [0, 0.05) is 62.8 Å². The summed E-state index contributed by atoms with van der Waals surface area (Å²) in [6.07, 6.45) is 5.10. The summed E-state index contributed by atoms with van der Waals surface area (Å²) in [5.74, 6) is 2.98. The van der Waals surface area contributed by atoms with E-state index in [-0.39, 0.29) is 0 Å². The average Bonchev–Trinajstić information content (AvgIpc) is 3.23. The Balaban J connectivity index is 1.46. The zero-order valence-electron chi connectivity index (χ0n) is 15.7. The van der Waals surface area contributed by atoms with E-state index in [2.05, 4.69) is 55.6 Å². The second-order valence-electron chi connectivity index (χ2n) is 7.06. The smallest absolute Gasteiger partial charge is 0.227 e. The van der Waals surface area contributed by atoms with Crippen molar-refractivity contribution in [2.24, 2.45) is 0 Å². The van der Waals surface area contributed by atoms with E-state index in [0.717, 1.165) is 74.7 Å². The molecular formula is C19H27N7. The predicted octanol–water partition coefficient (Wildman–Crippen LogP) is 2.06. The third kappa shape index (κ3) is 3.57. The molecule has 0 unspecified atom stereocenters. The van der Waals surface area contributed by atoms with E-state index in [1.54, 1.807) is 6.33 Å². The number of hydrogen-bond donors (Lipinski definition) is 0. The van der Waals surface area contributed by atoms with Crippen LogP contribution in [0.5, 0.6) is 0 Å². The molecule has 2 aromatic rings. The van der Waals surface area contributed by atoms with Gasteiger partial charge in [0.2, 0.25) is 5.95 Å². The monoisotopic (exact) mass is 353 g/mol. The van der Waals surface area contributed by atoms with Gasteiger partial charge in [-0.15, -0.1) is 0 Å². The zero-order valence-corrected chi connectivity index (χ0v) is 15.7. The molecule has 0 N–H and O–H groups in total. The predicted molar refractivity (Wildman–Crippen MR) is 104 cm³/mol. The van der Waals surface area contributed by atoms with Gasteiger partial charge in [-0.1, -0.05) is 6.92 Å². The summed E-state index contributed by atoms with van der Waals surface area (Å²) >= 11 is 0. The Morgan fingerprint density at radius 2 is 1.50 bits per heavy atom. The zero-order chi connectivity index (χ0) is 17.9. The highest BCUT2D eigenvalue weighted by atomic mass is 15.3. The number of aryl methyl sites for hydroxylation is 2. The van der Waals surface area contributed by atoms with E-state index in [1.807, 2.05) is 0 Å². The van der Waals surface area contributed by atoms with Crippen LogP contribution in [0.1, 0.15) is 31.2 Å². The van der Waals surface area contributed by atoms with E-state index in [9.17, 15) is 0 Å². The van der Waals surface area contributed by atoms with Crippen molar-refractivity contribution < 1.29 is 0 Å². The number of piperazine rings is 1. The maximum absolute atomic E-state index is 4.86. The van der Waals surface area contributed by atoms with Crippen molar-refractivity contribution in [2.45, 2.75) is 33.1 Å². The number of rotatable bonds is 4. The summed E-state index contributed by atoms with van der Waals surface area (Å²) < 4.78 is 0. The molecule has 0 aromatic carbocycles. The van der Waals surface area contributed by atoms with Crippen LogP contribution in [0.2, 0.25) is 0 Å². The lowest BCUT2D eigenvalue weighted by Gasteiger charge is -2.36. The maximum Gasteiger partial charge on any atom is 0.227 e. The lowest BCUT2D eigenvalue weighted by Crippen LogP contribution is -2.47. The van der Waals surface area contributed by atoms with Gasteiger partial charge >= 0.3 is 0 Å². The summed E-state index contributed by atoms with van der Waals surface area (Å²) in [4.78, 5) is 25.3. The molecule has 0 bridgehead atoms. The molecule has 2 aromatic heterocycles. The molecule has 2 aliphatic rings. The van der Waals surface area contributed by atoms with Gasteiger partial charge in [0.1, 0.15) is 18.0 Å². The third-order valence-corrected chi connectivity index (χ3v) is 5.22. The fraction of sp³-hybridized carbons (Fsp3) is 0.579.